The van der Waals surface area contributed by atoms with E-state index >= 15 is 0 Å². The van der Waals surface area contributed by atoms with Crippen LogP contribution < -0.4 is 0 Å². The third-order valence-electron chi connectivity index (χ3n) is 1.95. The van der Waals surface area contributed by atoms with Crippen LogP contribution in [-0.2, 0) is 4.74 Å². The highest BCUT2D eigenvalue weighted by Gasteiger charge is 2.18. The van der Waals surface area contributed by atoms with E-state index in [9.17, 15) is 14.5 Å². The fourth-order valence-corrected chi connectivity index (χ4v) is 1.22. The summed E-state index contributed by atoms with van der Waals surface area (Å²) in [6.45, 7) is 0. The van der Waals surface area contributed by atoms with E-state index in [4.69, 9.17) is 0 Å². The molecular formula is C8H5N5O4. The van der Waals surface area contributed by atoms with Crippen molar-refractivity contribution in [2.45, 2.75) is 0 Å². The predicted octanol–water partition coefficient (Wildman–Crippen LogP) is -0.183. The van der Waals surface area contributed by atoms with Crippen LogP contribution in [0.25, 0.3) is 5.78 Å². The van der Waals surface area contributed by atoms with Gasteiger partial charge < -0.3 is 4.74 Å². The number of ether oxygens (including phenoxy) is 1. The number of fused-ring (bicyclic) bond motifs is 1. The Morgan fingerprint density at radius 2 is 2.24 bits per heavy atom. The SMILES string of the molecule is COC(=O)c1cc(C(=O)N=O)nc2ncnn12. The van der Waals surface area contributed by atoms with E-state index in [1.54, 1.807) is 0 Å². The maximum Gasteiger partial charge on any atom is 0.356 e. The molecule has 0 spiro atoms. The van der Waals surface area contributed by atoms with Crippen LogP contribution in [-0.4, -0.2) is 38.6 Å². The molecule has 2 rings (SSSR count). The van der Waals surface area contributed by atoms with Gasteiger partial charge in [0.15, 0.2) is 5.69 Å². The summed E-state index contributed by atoms with van der Waals surface area (Å²) < 4.78 is 5.60. The summed E-state index contributed by atoms with van der Waals surface area (Å²) in [5, 5.41) is 5.95. The van der Waals surface area contributed by atoms with E-state index in [1.807, 2.05) is 0 Å². The van der Waals surface area contributed by atoms with Gasteiger partial charge in [-0.2, -0.15) is 14.6 Å². The summed E-state index contributed by atoms with van der Waals surface area (Å²) in [4.78, 5) is 40.1. The van der Waals surface area contributed by atoms with Crippen molar-refractivity contribution in [2.75, 3.05) is 7.11 Å². The summed E-state index contributed by atoms with van der Waals surface area (Å²) in [5.74, 6) is -1.83. The lowest BCUT2D eigenvalue weighted by Gasteiger charge is -2.02. The zero-order valence-corrected chi connectivity index (χ0v) is 8.52. The van der Waals surface area contributed by atoms with Gasteiger partial charge in [0.25, 0.3) is 5.78 Å². The quantitative estimate of drug-likeness (QED) is 0.523. The minimum atomic E-state index is -1.10. The lowest BCUT2D eigenvalue weighted by molar-refractivity contribution is 0.0590. The van der Waals surface area contributed by atoms with Crippen LogP contribution >= 0.6 is 0 Å². The van der Waals surface area contributed by atoms with E-state index in [1.165, 1.54) is 7.11 Å². The molecule has 2 aromatic rings. The van der Waals surface area contributed by atoms with Crippen LogP contribution in [0.3, 0.4) is 0 Å². The number of hydrogen-bond donors (Lipinski definition) is 0. The molecule has 0 N–H and O–H groups in total. The Bertz CT molecular complexity index is 619. The van der Waals surface area contributed by atoms with Crippen LogP contribution in [0.5, 0.6) is 0 Å². The Morgan fingerprint density at radius 1 is 1.47 bits per heavy atom. The lowest BCUT2D eigenvalue weighted by Crippen LogP contribution is -2.13. The normalized spacial score (nSPS) is 10.2. The molecule has 17 heavy (non-hydrogen) atoms. The first kappa shape index (κ1) is 10.8. The summed E-state index contributed by atoms with van der Waals surface area (Å²) >= 11 is 0. The smallest absolute Gasteiger partial charge is 0.356 e. The van der Waals surface area contributed by atoms with Crippen molar-refractivity contribution in [3.05, 3.63) is 28.7 Å². The predicted molar refractivity (Wildman–Crippen MR) is 52.2 cm³/mol. The van der Waals surface area contributed by atoms with Crippen LogP contribution in [0.4, 0.5) is 0 Å². The van der Waals surface area contributed by atoms with Gasteiger partial charge in [0.2, 0.25) is 0 Å². The number of carbonyl (C=O) groups excluding carboxylic acids is 2. The molecule has 0 radical (unpaired) electrons. The Hall–Kier alpha value is -2.71. The fraction of sp³-hybridized carbons (Fsp3) is 0.125. The maximum absolute atomic E-state index is 11.4. The second kappa shape index (κ2) is 4.04. The minimum Gasteiger partial charge on any atom is -0.464 e. The Kier molecular flexibility index (Phi) is 2.57. The van der Waals surface area contributed by atoms with E-state index in [-0.39, 0.29) is 17.2 Å². The number of rotatable bonds is 2. The Balaban J connectivity index is 2.70. The summed E-state index contributed by atoms with van der Waals surface area (Å²) in [7, 11) is 1.17. The molecule has 9 nitrogen and oxygen atoms in total. The Labute approximate surface area is 93.4 Å². The molecular weight excluding hydrogens is 230 g/mol. The molecule has 0 aromatic carbocycles. The van der Waals surface area contributed by atoms with Crippen LogP contribution in [0, 0.1) is 4.91 Å². The van der Waals surface area contributed by atoms with Crippen molar-refractivity contribution < 1.29 is 14.3 Å². The second-order valence-electron chi connectivity index (χ2n) is 2.89. The highest BCUT2D eigenvalue weighted by Crippen LogP contribution is 2.07. The molecule has 0 aliphatic heterocycles. The van der Waals surface area contributed by atoms with Crippen LogP contribution in [0.15, 0.2) is 17.6 Å². The van der Waals surface area contributed by atoms with Crippen molar-refractivity contribution in [1.29, 1.82) is 0 Å². The number of nitroso groups, excluding NO2 is 1. The first-order valence-electron chi connectivity index (χ1n) is 4.34. The number of methoxy groups -OCH3 is 1. The number of aromatic nitrogens is 4. The molecule has 2 heterocycles. The molecule has 0 saturated heterocycles. The molecule has 0 unspecified atom stereocenters. The van der Waals surface area contributed by atoms with E-state index in [0.717, 1.165) is 16.9 Å². The van der Waals surface area contributed by atoms with Gasteiger partial charge in [-0.25, -0.2) is 9.78 Å². The van der Waals surface area contributed by atoms with Crippen LogP contribution in [0.1, 0.15) is 21.0 Å². The zero-order valence-electron chi connectivity index (χ0n) is 8.52. The number of carbonyl (C=O) groups is 2. The molecule has 0 bridgehead atoms. The average Bonchev–Trinajstić information content (AvgIpc) is 2.83. The summed E-state index contributed by atoms with van der Waals surface area (Å²) in [6, 6.07) is 1.07. The summed E-state index contributed by atoms with van der Waals surface area (Å²) in [6.07, 6.45) is 1.15. The third kappa shape index (κ3) is 1.73. The Morgan fingerprint density at radius 3 is 2.88 bits per heavy atom. The monoisotopic (exact) mass is 235 g/mol. The van der Waals surface area contributed by atoms with Gasteiger partial charge in [0.1, 0.15) is 12.0 Å². The minimum absolute atomic E-state index is 0.0000926. The van der Waals surface area contributed by atoms with Gasteiger partial charge in [-0.3, -0.25) is 4.79 Å². The first-order chi connectivity index (χ1) is 8.17. The third-order valence-corrected chi connectivity index (χ3v) is 1.95. The van der Waals surface area contributed by atoms with Gasteiger partial charge in [-0.1, -0.05) is 0 Å². The largest absolute Gasteiger partial charge is 0.464 e. The van der Waals surface area contributed by atoms with Gasteiger partial charge in [0, 0.05) is 11.2 Å². The molecule has 0 atom stereocenters. The van der Waals surface area contributed by atoms with Crippen molar-refractivity contribution in [2.24, 2.45) is 5.18 Å². The zero-order chi connectivity index (χ0) is 12.4. The topological polar surface area (TPSA) is 116 Å². The number of hydrogen-bond acceptors (Lipinski definition) is 7. The van der Waals surface area contributed by atoms with Crippen molar-refractivity contribution in [3.63, 3.8) is 0 Å². The van der Waals surface area contributed by atoms with Crippen molar-refractivity contribution in [1.82, 2.24) is 19.6 Å². The summed E-state index contributed by atoms with van der Waals surface area (Å²) in [5.41, 5.74) is -0.358. The molecule has 86 valence electrons. The molecule has 0 saturated carbocycles. The van der Waals surface area contributed by atoms with Crippen molar-refractivity contribution in [3.8, 4) is 0 Å². The van der Waals surface area contributed by atoms with E-state index in [2.05, 4.69) is 25.0 Å². The molecule has 0 aliphatic rings. The number of amides is 1. The van der Waals surface area contributed by atoms with Gasteiger partial charge in [-0.05, 0) is 0 Å². The van der Waals surface area contributed by atoms with Gasteiger partial charge in [0.05, 0.1) is 7.11 Å². The van der Waals surface area contributed by atoms with Crippen molar-refractivity contribution >= 4 is 17.7 Å². The van der Waals surface area contributed by atoms with E-state index in [0.29, 0.717) is 0 Å². The molecule has 9 heteroatoms. The number of esters is 1. The maximum atomic E-state index is 11.4. The molecule has 0 fully saturated rings. The molecule has 1 amide bonds. The lowest BCUT2D eigenvalue weighted by atomic mass is 10.3. The van der Waals surface area contributed by atoms with Crippen LogP contribution in [0.2, 0.25) is 0 Å². The average molecular weight is 235 g/mol. The highest BCUT2D eigenvalue weighted by atomic mass is 16.5. The number of nitrogens with zero attached hydrogens (tertiary/aromatic N) is 5. The second-order valence-corrected chi connectivity index (χ2v) is 2.89. The van der Waals surface area contributed by atoms with Gasteiger partial charge >= 0.3 is 11.9 Å². The highest BCUT2D eigenvalue weighted by molar-refractivity contribution is 5.96. The van der Waals surface area contributed by atoms with E-state index < -0.39 is 11.9 Å². The fourth-order valence-electron chi connectivity index (χ4n) is 1.22. The molecule has 0 aliphatic carbocycles. The standard InChI is InChI=1S/C8H5N5O4/c1-17-7(15)5-2-4(6(14)12-16)11-8-9-3-10-13(5)8/h2-3H,1H3. The molecule has 2 aromatic heterocycles. The first-order valence-corrected chi connectivity index (χ1v) is 4.34. The van der Waals surface area contributed by atoms with Gasteiger partial charge in [-0.15, -0.1) is 4.91 Å².